The van der Waals surface area contributed by atoms with Crippen molar-refractivity contribution in [3.63, 3.8) is 0 Å². The van der Waals surface area contributed by atoms with Gasteiger partial charge < -0.3 is 14.5 Å². The van der Waals surface area contributed by atoms with Crippen LogP contribution in [0.4, 0.5) is 19.0 Å². The molecular formula is C23H25F3N6O2. The third kappa shape index (κ3) is 4.20. The van der Waals surface area contributed by atoms with Gasteiger partial charge in [-0.1, -0.05) is 0 Å². The lowest BCUT2D eigenvalue weighted by Gasteiger charge is -2.45. The van der Waals surface area contributed by atoms with Crippen LogP contribution in [-0.4, -0.2) is 68.5 Å². The predicted octanol–water partition coefficient (Wildman–Crippen LogP) is 3.27. The van der Waals surface area contributed by atoms with Crippen LogP contribution in [0.3, 0.4) is 0 Å². The molecule has 0 aromatic carbocycles. The first kappa shape index (κ1) is 22.6. The molecule has 3 aromatic rings. The summed E-state index contributed by atoms with van der Waals surface area (Å²) in [6.07, 6.45) is 0.109. The maximum absolute atomic E-state index is 13.2. The zero-order chi connectivity index (χ0) is 24.0. The number of halogens is 3. The van der Waals surface area contributed by atoms with E-state index in [0.29, 0.717) is 55.8 Å². The fourth-order valence-electron chi connectivity index (χ4n) is 4.72. The molecule has 3 aromatic heterocycles. The standard InChI is InChI=1S/C23H25F3N6O2/c1-14-9-30(10-15(2)32(14)21(33)7-16-12-34-13-16)20-5-6-27-22(29-20)18-8-28-19-4-3-17(11-31(18)19)23(24,25)26/h3-6,8,11,14-16H,7,9-10,12-13H2,1-2H3/t14-,15+. The number of hydrogen-bond acceptors (Lipinski definition) is 6. The first-order chi connectivity index (χ1) is 16.2. The number of pyridine rings is 1. The number of rotatable bonds is 4. The first-order valence-corrected chi connectivity index (χ1v) is 11.2. The molecule has 11 heteroatoms. The Morgan fingerprint density at radius 2 is 1.85 bits per heavy atom. The highest BCUT2D eigenvalue weighted by atomic mass is 19.4. The molecule has 180 valence electrons. The Balaban J connectivity index is 1.38. The van der Waals surface area contributed by atoms with E-state index in [9.17, 15) is 18.0 Å². The summed E-state index contributed by atoms with van der Waals surface area (Å²) in [6.45, 7) is 6.52. The van der Waals surface area contributed by atoms with E-state index in [1.54, 1.807) is 12.3 Å². The second kappa shape index (κ2) is 8.53. The van der Waals surface area contributed by atoms with Gasteiger partial charge in [-0.3, -0.25) is 9.20 Å². The van der Waals surface area contributed by atoms with Crippen LogP contribution in [0.15, 0.2) is 36.8 Å². The van der Waals surface area contributed by atoms with Crippen molar-refractivity contribution in [1.29, 1.82) is 0 Å². The second-order valence-electron chi connectivity index (χ2n) is 9.04. The molecule has 1 amide bonds. The second-order valence-corrected chi connectivity index (χ2v) is 9.04. The topological polar surface area (TPSA) is 75.9 Å². The quantitative estimate of drug-likeness (QED) is 0.578. The largest absolute Gasteiger partial charge is 0.417 e. The fraction of sp³-hybridized carbons (Fsp3) is 0.478. The molecule has 8 nitrogen and oxygen atoms in total. The van der Waals surface area contributed by atoms with Crippen LogP contribution in [0.2, 0.25) is 0 Å². The predicted molar refractivity (Wildman–Crippen MR) is 118 cm³/mol. The summed E-state index contributed by atoms with van der Waals surface area (Å²) in [5, 5.41) is 0. The number of alkyl halides is 3. The lowest BCUT2D eigenvalue weighted by Crippen LogP contribution is -2.59. The molecule has 0 aliphatic carbocycles. The van der Waals surface area contributed by atoms with E-state index in [1.165, 1.54) is 16.7 Å². The number of aromatic nitrogens is 4. The highest BCUT2D eigenvalue weighted by Gasteiger charge is 2.35. The zero-order valence-corrected chi connectivity index (χ0v) is 18.9. The number of imidazole rings is 1. The summed E-state index contributed by atoms with van der Waals surface area (Å²) < 4.78 is 46.2. The van der Waals surface area contributed by atoms with Crippen molar-refractivity contribution >= 4 is 17.4 Å². The highest BCUT2D eigenvalue weighted by Crippen LogP contribution is 2.31. The monoisotopic (exact) mass is 474 g/mol. The Kier molecular flexibility index (Phi) is 5.67. The van der Waals surface area contributed by atoms with Gasteiger partial charge in [-0.05, 0) is 32.0 Å². The Hall–Kier alpha value is -3.21. The van der Waals surface area contributed by atoms with Gasteiger partial charge >= 0.3 is 6.18 Å². The molecule has 0 unspecified atom stereocenters. The Labute approximate surface area is 194 Å². The summed E-state index contributed by atoms with van der Waals surface area (Å²) in [7, 11) is 0. The van der Waals surface area contributed by atoms with Gasteiger partial charge in [0.1, 0.15) is 17.2 Å². The third-order valence-electron chi connectivity index (χ3n) is 6.40. The molecule has 0 bridgehead atoms. The summed E-state index contributed by atoms with van der Waals surface area (Å²) in [6, 6.07) is 4.08. The molecule has 5 heterocycles. The number of nitrogens with zero attached hydrogens (tertiary/aromatic N) is 6. The third-order valence-corrected chi connectivity index (χ3v) is 6.40. The van der Waals surface area contributed by atoms with Gasteiger partial charge in [0, 0.05) is 49.9 Å². The summed E-state index contributed by atoms with van der Waals surface area (Å²) in [5.41, 5.74) is -0.0175. The smallest absolute Gasteiger partial charge is 0.381 e. The molecule has 0 radical (unpaired) electrons. The van der Waals surface area contributed by atoms with Gasteiger partial charge in [0.2, 0.25) is 5.91 Å². The molecule has 0 N–H and O–H groups in total. The van der Waals surface area contributed by atoms with Gasteiger partial charge in [0.15, 0.2) is 5.82 Å². The summed E-state index contributed by atoms with van der Waals surface area (Å²) in [5.74, 6) is 1.39. The molecular weight excluding hydrogens is 449 g/mol. The molecule has 2 fully saturated rings. The van der Waals surface area contributed by atoms with Gasteiger partial charge in [0.25, 0.3) is 0 Å². The van der Waals surface area contributed by atoms with Gasteiger partial charge in [0.05, 0.1) is 25.0 Å². The molecule has 2 atom stereocenters. The van der Waals surface area contributed by atoms with Gasteiger partial charge in [-0.15, -0.1) is 0 Å². The van der Waals surface area contributed by atoms with Crippen molar-refractivity contribution in [3.8, 4) is 11.5 Å². The minimum Gasteiger partial charge on any atom is -0.381 e. The van der Waals surface area contributed by atoms with E-state index in [-0.39, 0.29) is 23.8 Å². The maximum Gasteiger partial charge on any atom is 0.417 e. The van der Waals surface area contributed by atoms with E-state index in [1.807, 2.05) is 18.7 Å². The number of carbonyl (C=O) groups is 1. The first-order valence-electron chi connectivity index (χ1n) is 11.2. The van der Waals surface area contributed by atoms with E-state index in [0.717, 1.165) is 12.3 Å². The molecule has 0 saturated carbocycles. The van der Waals surface area contributed by atoms with Crippen molar-refractivity contribution in [2.24, 2.45) is 5.92 Å². The van der Waals surface area contributed by atoms with Crippen molar-refractivity contribution in [3.05, 3.63) is 42.4 Å². The number of amides is 1. The number of carbonyl (C=O) groups excluding carboxylic acids is 1. The molecule has 2 aliphatic heterocycles. The molecule has 34 heavy (non-hydrogen) atoms. The minimum atomic E-state index is -4.46. The Bertz CT molecular complexity index is 1200. The fourth-order valence-corrected chi connectivity index (χ4v) is 4.72. The number of hydrogen-bond donors (Lipinski definition) is 0. The number of piperazine rings is 1. The van der Waals surface area contributed by atoms with E-state index in [2.05, 4.69) is 19.9 Å². The van der Waals surface area contributed by atoms with Crippen molar-refractivity contribution < 1.29 is 22.7 Å². The van der Waals surface area contributed by atoms with Crippen LogP contribution in [-0.2, 0) is 15.7 Å². The zero-order valence-electron chi connectivity index (χ0n) is 18.9. The van der Waals surface area contributed by atoms with Crippen molar-refractivity contribution in [2.45, 2.75) is 38.5 Å². The average molecular weight is 474 g/mol. The lowest BCUT2D eigenvalue weighted by molar-refractivity contribution is -0.141. The van der Waals surface area contributed by atoms with Crippen LogP contribution < -0.4 is 4.90 Å². The number of ether oxygens (including phenoxy) is 1. The Morgan fingerprint density at radius 1 is 1.12 bits per heavy atom. The highest BCUT2D eigenvalue weighted by molar-refractivity contribution is 5.77. The molecule has 2 saturated heterocycles. The maximum atomic E-state index is 13.2. The summed E-state index contributed by atoms with van der Waals surface area (Å²) >= 11 is 0. The molecule has 5 rings (SSSR count). The van der Waals surface area contributed by atoms with Gasteiger partial charge in [-0.2, -0.15) is 13.2 Å². The van der Waals surface area contributed by atoms with Crippen molar-refractivity contribution in [1.82, 2.24) is 24.3 Å². The molecule has 2 aliphatic rings. The van der Waals surface area contributed by atoms with E-state index < -0.39 is 11.7 Å². The van der Waals surface area contributed by atoms with Crippen LogP contribution in [0.5, 0.6) is 0 Å². The SMILES string of the molecule is C[C@@H]1CN(c2ccnc(-c3cnc4ccc(C(F)(F)F)cn34)n2)C[C@H](C)N1C(=O)CC1COC1. The molecule has 0 spiro atoms. The average Bonchev–Trinajstić information content (AvgIpc) is 3.19. The lowest BCUT2D eigenvalue weighted by atomic mass is 10.0. The number of anilines is 1. The normalized spacial score (nSPS) is 21.7. The number of fused-ring (bicyclic) bond motifs is 1. The van der Waals surface area contributed by atoms with Gasteiger partial charge in [-0.25, -0.2) is 15.0 Å². The van der Waals surface area contributed by atoms with E-state index >= 15 is 0 Å². The van der Waals surface area contributed by atoms with Crippen LogP contribution >= 0.6 is 0 Å². The van der Waals surface area contributed by atoms with Crippen molar-refractivity contribution in [2.75, 3.05) is 31.2 Å². The Morgan fingerprint density at radius 3 is 2.50 bits per heavy atom. The van der Waals surface area contributed by atoms with Crippen LogP contribution in [0, 0.1) is 5.92 Å². The van der Waals surface area contributed by atoms with Crippen LogP contribution in [0.1, 0.15) is 25.8 Å². The van der Waals surface area contributed by atoms with E-state index in [4.69, 9.17) is 4.74 Å². The minimum absolute atomic E-state index is 0.0131. The van der Waals surface area contributed by atoms with Crippen LogP contribution in [0.25, 0.3) is 17.2 Å². The summed E-state index contributed by atoms with van der Waals surface area (Å²) in [4.78, 5) is 30.0.